The summed E-state index contributed by atoms with van der Waals surface area (Å²) < 4.78 is 19.4. The van der Waals surface area contributed by atoms with Gasteiger partial charge in [-0.05, 0) is 30.2 Å². The van der Waals surface area contributed by atoms with Gasteiger partial charge >= 0.3 is 5.97 Å². The lowest BCUT2D eigenvalue weighted by molar-refractivity contribution is -0.133. The molecule has 8 heteroatoms. The molecule has 0 N–H and O–H groups in total. The van der Waals surface area contributed by atoms with Crippen LogP contribution in [-0.4, -0.2) is 40.2 Å². The van der Waals surface area contributed by atoms with Crippen LogP contribution in [0.2, 0.25) is 0 Å². The fourth-order valence-corrected chi connectivity index (χ4v) is 2.33. The summed E-state index contributed by atoms with van der Waals surface area (Å²) in [5.41, 5.74) is 0.291. The number of ether oxygens (including phenoxy) is 1. The Balaban J connectivity index is 1.92. The molecule has 0 spiro atoms. The summed E-state index contributed by atoms with van der Waals surface area (Å²) in [5.74, 6) is -1.61. The Bertz CT molecular complexity index is 866. The van der Waals surface area contributed by atoms with E-state index in [-0.39, 0.29) is 23.6 Å². The van der Waals surface area contributed by atoms with Crippen LogP contribution in [0.15, 0.2) is 41.2 Å². The van der Waals surface area contributed by atoms with Crippen LogP contribution in [0.3, 0.4) is 0 Å². The molecule has 0 unspecified atom stereocenters. The number of halogens is 1. The summed E-state index contributed by atoms with van der Waals surface area (Å²) in [5, 5.41) is 3.97. The Morgan fingerprint density at radius 3 is 2.74 bits per heavy atom. The number of amides is 1. The van der Waals surface area contributed by atoms with Crippen molar-refractivity contribution in [2.24, 2.45) is 0 Å². The first-order valence-electron chi connectivity index (χ1n) is 8.64. The molecule has 0 saturated carbocycles. The Hall–Kier alpha value is -3.03. The third-order valence-electron chi connectivity index (χ3n) is 3.86. The molecule has 7 nitrogen and oxygen atoms in total. The van der Waals surface area contributed by atoms with E-state index in [0.717, 1.165) is 12.8 Å². The van der Waals surface area contributed by atoms with Crippen LogP contribution in [0.25, 0.3) is 0 Å². The fraction of sp³-hybridized carbons (Fsp3) is 0.368. The number of unbranched alkanes of at least 4 members (excludes halogenated alkanes) is 1. The van der Waals surface area contributed by atoms with Crippen molar-refractivity contribution >= 4 is 11.9 Å². The van der Waals surface area contributed by atoms with E-state index in [1.54, 1.807) is 12.1 Å². The molecule has 0 aliphatic heterocycles. The summed E-state index contributed by atoms with van der Waals surface area (Å²) >= 11 is 0. The van der Waals surface area contributed by atoms with Crippen molar-refractivity contribution < 1.29 is 18.7 Å². The second-order valence-corrected chi connectivity index (χ2v) is 6.09. The number of aryl methyl sites for hydroxylation is 1. The van der Waals surface area contributed by atoms with Crippen LogP contribution < -0.4 is 5.56 Å². The van der Waals surface area contributed by atoms with Crippen molar-refractivity contribution in [1.82, 2.24) is 14.7 Å². The van der Waals surface area contributed by atoms with Gasteiger partial charge in [0.15, 0.2) is 12.3 Å². The standard InChI is InChI=1S/C19H22FN3O4/c1-3-4-10-23-17(24)9-8-16(21-23)19(26)27-13-18(25)22(2)12-14-6-5-7-15(20)11-14/h5-9,11H,3-4,10,12-13H2,1-2H3. The van der Waals surface area contributed by atoms with Crippen LogP contribution in [0.4, 0.5) is 4.39 Å². The van der Waals surface area contributed by atoms with E-state index < -0.39 is 18.5 Å². The molecule has 0 fully saturated rings. The van der Waals surface area contributed by atoms with Gasteiger partial charge in [-0.1, -0.05) is 25.5 Å². The van der Waals surface area contributed by atoms with Crippen LogP contribution in [-0.2, 0) is 22.6 Å². The SMILES string of the molecule is CCCCn1nc(C(=O)OCC(=O)N(C)Cc2cccc(F)c2)ccc1=O. The van der Waals surface area contributed by atoms with Crippen molar-refractivity contribution in [3.8, 4) is 0 Å². The zero-order valence-electron chi connectivity index (χ0n) is 15.4. The number of likely N-dealkylation sites (N-methyl/N-ethyl adjacent to an activating group) is 1. The lowest BCUT2D eigenvalue weighted by atomic mass is 10.2. The van der Waals surface area contributed by atoms with E-state index in [1.165, 1.54) is 40.9 Å². The van der Waals surface area contributed by atoms with Crippen LogP contribution in [0.5, 0.6) is 0 Å². The van der Waals surface area contributed by atoms with E-state index in [4.69, 9.17) is 4.74 Å². The highest BCUT2D eigenvalue weighted by molar-refractivity contribution is 5.89. The van der Waals surface area contributed by atoms with Gasteiger partial charge in [0.05, 0.1) is 0 Å². The molecule has 27 heavy (non-hydrogen) atoms. The Morgan fingerprint density at radius 2 is 2.04 bits per heavy atom. The number of carbonyl (C=O) groups is 2. The van der Waals surface area contributed by atoms with E-state index >= 15 is 0 Å². The highest BCUT2D eigenvalue weighted by Gasteiger charge is 2.16. The van der Waals surface area contributed by atoms with Gasteiger partial charge in [-0.25, -0.2) is 13.9 Å². The average molecular weight is 375 g/mol. The van der Waals surface area contributed by atoms with Gasteiger partial charge in [-0.3, -0.25) is 9.59 Å². The smallest absolute Gasteiger partial charge is 0.359 e. The lowest BCUT2D eigenvalue weighted by Crippen LogP contribution is -2.31. The second kappa shape index (κ2) is 9.61. The zero-order valence-corrected chi connectivity index (χ0v) is 15.4. The zero-order chi connectivity index (χ0) is 19.8. The first kappa shape index (κ1) is 20.3. The first-order valence-corrected chi connectivity index (χ1v) is 8.64. The molecule has 0 aliphatic rings. The Labute approximate surface area is 156 Å². The first-order chi connectivity index (χ1) is 12.9. The van der Waals surface area contributed by atoms with Gasteiger partial charge < -0.3 is 9.64 Å². The maximum Gasteiger partial charge on any atom is 0.359 e. The van der Waals surface area contributed by atoms with Gasteiger partial charge in [0.25, 0.3) is 11.5 Å². The highest BCUT2D eigenvalue weighted by Crippen LogP contribution is 2.07. The molecule has 0 atom stereocenters. The van der Waals surface area contributed by atoms with Crippen LogP contribution >= 0.6 is 0 Å². The third-order valence-corrected chi connectivity index (χ3v) is 3.86. The number of aromatic nitrogens is 2. The monoisotopic (exact) mass is 375 g/mol. The van der Waals surface area contributed by atoms with Crippen LogP contribution in [0.1, 0.15) is 35.8 Å². The molecule has 0 bridgehead atoms. The lowest BCUT2D eigenvalue weighted by Gasteiger charge is -2.17. The number of esters is 1. The van der Waals surface area contributed by atoms with Crippen molar-refractivity contribution in [3.63, 3.8) is 0 Å². The molecule has 144 valence electrons. The van der Waals surface area contributed by atoms with E-state index in [1.807, 2.05) is 6.92 Å². The quantitative estimate of drug-likeness (QED) is 0.659. The molecule has 1 heterocycles. The number of hydrogen-bond donors (Lipinski definition) is 0. The molecule has 2 rings (SSSR count). The summed E-state index contributed by atoms with van der Waals surface area (Å²) in [6.45, 7) is 2.11. The van der Waals surface area contributed by atoms with E-state index in [9.17, 15) is 18.8 Å². The summed E-state index contributed by atoms with van der Waals surface area (Å²) in [6, 6.07) is 8.43. The van der Waals surface area contributed by atoms with Gasteiger partial charge in [0.1, 0.15) is 5.82 Å². The molecule has 1 amide bonds. The minimum atomic E-state index is -0.784. The molecule has 2 aromatic rings. The van der Waals surface area contributed by atoms with E-state index in [0.29, 0.717) is 12.1 Å². The molecule has 1 aromatic carbocycles. The largest absolute Gasteiger partial charge is 0.451 e. The fourth-order valence-electron chi connectivity index (χ4n) is 2.33. The Kier molecular flexibility index (Phi) is 7.22. The summed E-state index contributed by atoms with van der Waals surface area (Å²) in [6.07, 6.45) is 1.64. The third kappa shape index (κ3) is 6.02. The van der Waals surface area contributed by atoms with Crippen molar-refractivity contribution in [2.45, 2.75) is 32.9 Å². The topological polar surface area (TPSA) is 81.5 Å². The van der Waals surface area contributed by atoms with Gasteiger partial charge in [-0.2, -0.15) is 5.10 Å². The summed E-state index contributed by atoms with van der Waals surface area (Å²) in [7, 11) is 1.53. The van der Waals surface area contributed by atoms with Gasteiger partial charge in [0.2, 0.25) is 0 Å². The van der Waals surface area contributed by atoms with Crippen molar-refractivity contribution in [1.29, 1.82) is 0 Å². The number of rotatable bonds is 8. The number of benzene rings is 1. The molecular weight excluding hydrogens is 353 g/mol. The summed E-state index contributed by atoms with van der Waals surface area (Å²) in [4.78, 5) is 37.2. The normalized spacial score (nSPS) is 10.5. The molecule has 1 aromatic heterocycles. The molecule has 0 aliphatic carbocycles. The molecule has 0 saturated heterocycles. The average Bonchev–Trinajstić information content (AvgIpc) is 2.65. The maximum absolute atomic E-state index is 13.2. The predicted molar refractivity (Wildman–Crippen MR) is 96.6 cm³/mol. The molecule has 0 radical (unpaired) electrons. The number of hydrogen-bond acceptors (Lipinski definition) is 5. The van der Waals surface area contributed by atoms with Gasteiger partial charge in [0, 0.05) is 26.2 Å². The minimum Gasteiger partial charge on any atom is -0.451 e. The predicted octanol–water partition coefficient (Wildman–Crippen LogP) is 2.00. The number of carbonyl (C=O) groups excluding carboxylic acids is 2. The highest BCUT2D eigenvalue weighted by atomic mass is 19.1. The van der Waals surface area contributed by atoms with Crippen LogP contribution in [0, 0.1) is 5.82 Å². The Morgan fingerprint density at radius 1 is 1.26 bits per heavy atom. The van der Waals surface area contributed by atoms with E-state index in [2.05, 4.69) is 5.10 Å². The number of nitrogens with zero attached hydrogens (tertiary/aromatic N) is 3. The van der Waals surface area contributed by atoms with Crippen molar-refractivity contribution in [2.75, 3.05) is 13.7 Å². The minimum absolute atomic E-state index is 0.0358. The molecular formula is C19H22FN3O4. The van der Waals surface area contributed by atoms with Crippen molar-refractivity contribution in [3.05, 3.63) is 63.8 Å². The maximum atomic E-state index is 13.2. The second-order valence-electron chi connectivity index (χ2n) is 6.09. The van der Waals surface area contributed by atoms with Gasteiger partial charge in [-0.15, -0.1) is 0 Å².